The van der Waals surface area contributed by atoms with Crippen molar-refractivity contribution in [2.75, 3.05) is 19.6 Å². The fraction of sp³-hybridized carbons (Fsp3) is 0.684. The van der Waals surface area contributed by atoms with E-state index in [9.17, 15) is 4.79 Å². The van der Waals surface area contributed by atoms with Crippen molar-refractivity contribution in [1.29, 1.82) is 0 Å². The number of hydrogen-bond donors (Lipinski definition) is 1. The van der Waals surface area contributed by atoms with Gasteiger partial charge >= 0.3 is 0 Å². The van der Waals surface area contributed by atoms with Crippen molar-refractivity contribution >= 4 is 5.91 Å². The third-order valence-electron chi connectivity index (χ3n) is 5.49. The van der Waals surface area contributed by atoms with Crippen molar-refractivity contribution in [3.8, 4) is 0 Å². The van der Waals surface area contributed by atoms with Crippen molar-refractivity contribution in [2.45, 2.75) is 63.3 Å². The molecule has 1 N–H and O–H groups in total. The van der Waals surface area contributed by atoms with E-state index in [1.165, 1.54) is 44.1 Å². The average molecular weight is 315 g/mol. The topological polar surface area (TPSA) is 45.2 Å². The molecule has 2 fully saturated rings. The molecule has 4 nitrogen and oxygen atoms in total. The van der Waals surface area contributed by atoms with Crippen LogP contribution in [0.25, 0.3) is 0 Å². The van der Waals surface area contributed by atoms with Gasteiger partial charge in [-0.3, -0.25) is 14.7 Å². The molecule has 0 radical (unpaired) electrons. The lowest BCUT2D eigenvalue weighted by molar-refractivity contribution is -0.137. The van der Waals surface area contributed by atoms with E-state index < -0.39 is 0 Å². The highest BCUT2D eigenvalue weighted by Crippen LogP contribution is 2.35. The van der Waals surface area contributed by atoms with Crippen LogP contribution in [0.1, 0.15) is 56.9 Å². The summed E-state index contributed by atoms with van der Waals surface area (Å²) in [7, 11) is 0. The lowest BCUT2D eigenvalue weighted by Crippen LogP contribution is -2.61. The van der Waals surface area contributed by atoms with Crippen molar-refractivity contribution in [3.05, 3.63) is 30.1 Å². The molecule has 1 saturated carbocycles. The molecule has 2 aliphatic rings. The number of piperidine rings is 1. The molecule has 3 rings (SSSR count). The summed E-state index contributed by atoms with van der Waals surface area (Å²) in [5.41, 5.74) is 0.955. The first-order chi connectivity index (χ1) is 11.3. The Balaban J connectivity index is 1.60. The first-order valence-corrected chi connectivity index (χ1v) is 9.23. The number of aromatic nitrogens is 1. The van der Waals surface area contributed by atoms with Crippen LogP contribution in [0, 0.1) is 0 Å². The smallest absolute Gasteiger partial charge is 0.240 e. The van der Waals surface area contributed by atoms with Crippen LogP contribution in [0.5, 0.6) is 0 Å². The number of likely N-dealkylation sites (tertiary alicyclic amines) is 1. The summed E-state index contributed by atoms with van der Waals surface area (Å²) in [6.45, 7) is 2.90. The van der Waals surface area contributed by atoms with E-state index in [-0.39, 0.29) is 11.4 Å². The Morgan fingerprint density at radius 2 is 1.87 bits per heavy atom. The number of nitrogens with one attached hydrogen (secondary N) is 1. The van der Waals surface area contributed by atoms with E-state index in [0.717, 1.165) is 32.4 Å². The number of rotatable bonds is 5. The minimum absolute atomic E-state index is 0.229. The normalized spacial score (nSPS) is 21.7. The van der Waals surface area contributed by atoms with Gasteiger partial charge in [0.05, 0.1) is 0 Å². The van der Waals surface area contributed by atoms with Crippen LogP contribution < -0.4 is 5.32 Å². The zero-order valence-electron chi connectivity index (χ0n) is 14.1. The Morgan fingerprint density at radius 1 is 1.13 bits per heavy atom. The van der Waals surface area contributed by atoms with Crippen molar-refractivity contribution in [1.82, 2.24) is 15.2 Å². The standard InChI is InChI=1S/C19H29N3O/c23-18(21-13-9-17-8-7-12-20-16-17)19(10-3-1-4-11-19)22-14-5-2-6-15-22/h7-8,12,16H,1-6,9-11,13-15H2,(H,21,23). The zero-order chi connectivity index (χ0) is 16.0. The molecular weight excluding hydrogens is 286 g/mol. The lowest BCUT2D eigenvalue weighted by Gasteiger charge is -2.46. The van der Waals surface area contributed by atoms with Gasteiger partial charge in [-0.05, 0) is 56.8 Å². The summed E-state index contributed by atoms with van der Waals surface area (Å²) in [5, 5.41) is 3.23. The summed E-state index contributed by atoms with van der Waals surface area (Å²) in [4.78, 5) is 19.7. The van der Waals surface area contributed by atoms with E-state index in [0.29, 0.717) is 6.54 Å². The Hall–Kier alpha value is -1.42. The average Bonchev–Trinajstić information content (AvgIpc) is 2.64. The largest absolute Gasteiger partial charge is 0.354 e. The van der Waals surface area contributed by atoms with Gasteiger partial charge < -0.3 is 5.32 Å². The van der Waals surface area contributed by atoms with Gasteiger partial charge in [0.1, 0.15) is 5.54 Å². The number of nitrogens with zero attached hydrogens (tertiary/aromatic N) is 2. The predicted molar refractivity (Wildman–Crippen MR) is 92.2 cm³/mol. The molecule has 126 valence electrons. The van der Waals surface area contributed by atoms with Crippen LogP contribution in [0.3, 0.4) is 0 Å². The number of carbonyl (C=O) groups is 1. The Bertz CT molecular complexity index is 491. The van der Waals surface area contributed by atoms with Gasteiger partial charge in [0.2, 0.25) is 5.91 Å². The van der Waals surface area contributed by atoms with E-state index in [4.69, 9.17) is 0 Å². The highest BCUT2D eigenvalue weighted by atomic mass is 16.2. The number of amides is 1. The van der Waals surface area contributed by atoms with Crippen LogP contribution in [0.2, 0.25) is 0 Å². The molecule has 23 heavy (non-hydrogen) atoms. The molecule has 1 aromatic heterocycles. The lowest BCUT2D eigenvalue weighted by atomic mass is 9.78. The molecule has 0 bridgehead atoms. The summed E-state index contributed by atoms with van der Waals surface area (Å²) >= 11 is 0. The van der Waals surface area contributed by atoms with Crippen LogP contribution in [-0.2, 0) is 11.2 Å². The summed E-state index contributed by atoms with van der Waals surface area (Å²) in [6.07, 6.45) is 14.0. The maximum Gasteiger partial charge on any atom is 0.240 e. The van der Waals surface area contributed by atoms with Gasteiger partial charge in [0.15, 0.2) is 0 Å². The van der Waals surface area contributed by atoms with E-state index in [2.05, 4.69) is 21.3 Å². The molecule has 2 heterocycles. The second kappa shape index (κ2) is 7.91. The molecule has 1 saturated heterocycles. The number of pyridine rings is 1. The second-order valence-electron chi connectivity index (χ2n) is 7.01. The molecule has 0 spiro atoms. The highest BCUT2D eigenvalue weighted by Gasteiger charge is 2.44. The zero-order valence-corrected chi connectivity index (χ0v) is 14.1. The molecule has 1 aromatic rings. The van der Waals surface area contributed by atoms with Gasteiger partial charge in [-0.2, -0.15) is 0 Å². The van der Waals surface area contributed by atoms with Gasteiger partial charge in [0, 0.05) is 18.9 Å². The fourth-order valence-electron chi connectivity index (χ4n) is 4.18. The summed E-state index contributed by atoms with van der Waals surface area (Å²) in [5.74, 6) is 0.267. The molecule has 1 amide bonds. The maximum atomic E-state index is 13.0. The van der Waals surface area contributed by atoms with Gasteiger partial charge in [-0.1, -0.05) is 31.7 Å². The van der Waals surface area contributed by atoms with E-state index in [1.54, 1.807) is 6.20 Å². The molecular formula is C19H29N3O. The van der Waals surface area contributed by atoms with Crippen molar-refractivity contribution in [2.24, 2.45) is 0 Å². The summed E-state index contributed by atoms with van der Waals surface area (Å²) < 4.78 is 0. The Morgan fingerprint density at radius 3 is 2.57 bits per heavy atom. The molecule has 1 aliphatic heterocycles. The molecule has 0 atom stereocenters. The highest BCUT2D eigenvalue weighted by molar-refractivity contribution is 5.86. The quantitative estimate of drug-likeness (QED) is 0.908. The number of hydrogen-bond acceptors (Lipinski definition) is 3. The van der Waals surface area contributed by atoms with Gasteiger partial charge in [-0.25, -0.2) is 0 Å². The molecule has 0 unspecified atom stereocenters. The van der Waals surface area contributed by atoms with Crippen molar-refractivity contribution in [3.63, 3.8) is 0 Å². The third-order valence-corrected chi connectivity index (χ3v) is 5.49. The van der Waals surface area contributed by atoms with E-state index in [1.807, 2.05) is 12.3 Å². The van der Waals surface area contributed by atoms with Gasteiger partial charge in [0.25, 0.3) is 0 Å². The van der Waals surface area contributed by atoms with E-state index >= 15 is 0 Å². The first kappa shape index (κ1) is 16.4. The van der Waals surface area contributed by atoms with Crippen molar-refractivity contribution < 1.29 is 4.79 Å². The molecule has 1 aliphatic carbocycles. The maximum absolute atomic E-state index is 13.0. The molecule has 0 aromatic carbocycles. The fourth-order valence-corrected chi connectivity index (χ4v) is 4.18. The van der Waals surface area contributed by atoms with Crippen LogP contribution in [0.4, 0.5) is 0 Å². The van der Waals surface area contributed by atoms with Crippen LogP contribution in [0.15, 0.2) is 24.5 Å². The minimum Gasteiger partial charge on any atom is -0.354 e. The Kier molecular flexibility index (Phi) is 5.65. The Labute approximate surface area is 139 Å². The third kappa shape index (κ3) is 3.92. The monoisotopic (exact) mass is 315 g/mol. The minimum atomic E-state index is -0.229. The van der Waals surface area contributed by atoms with Crippen LogP contribution >= 0.6 is 0 Å². The van der Waals surface area contributed by atoms with Crippen LogP contribution in [-0.4, -0.2) is 41.0 Å². The SMILES string of the molecule is O=C(NCCc1cccnc1)C1(N2CCCCC2)CCCCC1. The predicted octanol–water partition coefficient (Wildman–Crippen LogP) is 2.93. The number of carbonyl (C=O) groups excluding carboxylic acids is 1. The summed E-state index contributed by atoms with van der Waals surface area (Å²) in [6, 6.07) is 4.02. The molecule has 4 heteroatoms. The first-order valence-electron chi connectivity index (χ1n) is 9.23. The van der Waals surface area contributed by atoms with Gasteiger partial charge in [-0.15, -0.1) is 0 Å². The second-order valence-corrected chi connectivity index (χ2v) is 7.01.